The summed E-state index contributed by atoms with van der Waals surface area (Å²) in [6, 6.07) is 6.22. The average molecular weight is 207 g/mol. The first-order valence-corrected chi connectivity index (χ1v) is 4.52. The molecule has 1 heterocycles. The highest BCUT2D eigenvalue weighted by molar-refractivity contribution is 5.82. The molecule has 0 aliphatic heterocycles. The number of rotatable bonds is 2. The summed E-state index contributed by atoms with van der Waals surface area (Å²) in [7, 11) is 1.34. The standard InChI is InChI=1S/C11H10FNO2/c1-15-11(14)7-13-5-4-8-6-9(12)2-3-10(8)13/h2-6H,7H2,1H3. The summed E-state index contributed by atoms with van der Waals surface area (Å²) in [5.74, 6) is -0.602. The van der Waals surface area contributed by atoms with E-state index >= 15 is 0 Å². The number of benzene rings is 1. The minimum atomic E-state index is -0.322. The van der Waals surface area contributed by atoms with Gasteiger partial charge < -0.3 is 9.30 Å². The molecule has 2 aromatic rings. The van der Waals surface area contributed by atoms with Gasteiger partial charge in [-0.2, -0.15) is 0 Å². The van der Waals surface area contributed by atoms with Gasteiger partial charge in [-0.05, 0) is 24.3 Å². The second-order valence-corrected chi connectivity index (χ2v) is 3.22. The smallest absolute Gasteiger partial charge is 0.325 e. The lowest BCUT2D eigenvalue weighted by atomic mass is 10.2. The molecule has 15 heavy (non-hydrogen) atoms. The van der Waals surface area contributed by atoms with Gasteiger partial charge in [0.15, 0.2) is 0 Å². The molecule has 0 saturated heterocycles. The first-order chi connectivity index (χ1) is 7.20. The topological polar surface area (TPSA) is 31.2 Å². The molecule has 0 saturated carbocycles. The van der Waals surface area contributed by atoms with Crippen molar-refractivity contribution < 1.29 is 13.9 Å². The molecule has 0 atom stereocenters. The molecule has 0 aliphatic carbocycles. The maximum atomic E-state index is 12.9. The lowest BCUT2D eigenvalue weighted by Crippen LogP contribution is -2.10. The zero-order valence-electron chi connectivity index (χ0n) is 8.24. The van der Waals surface area contributed by atoms with Crippen LogP contribution >= 0.6 is 0 Å². The first kappa shape index (κ1) is 9.71. The fourth-order valence-corrected chi connectivity index (χ4v) is 1.51. The van der Waals surface area contributed by atoms with Gasteiger partial charge in [0.1, 0.15) is 12.4 Å². The number of fused-ring (bicyclic) bond motifs is 1. The van der Waals surface area contributed by atoms with E-state index in [9.17, 15) is 9.18 Å². The van der Waals surface area contributed by atoms with Gasteiger partial charge in [-0.3, -0.25) is 4.79 Å². The number of aromatic nitrogens is 1. The van der Waals surface area contributed by atoms with E-state index < -0.39 is 0 Å². The Morgan fingerprint density at radius 3 is 3.00 bits per heavy atom. The molecule has 78 valence electrons. The van der Waals surface area contributed by atoms with Crippen molar-refractivity contribution in [3.8, 4) is 0 Å². The fourth-order valence-electron chi connectivity index (χ4n) is 1.51. The Morgan fingerprint density at radius 1 is 1.47 bits per heavy atom. The highest BCUT2D eigenvalue weighted by Crippen LogP contribution is 2.16. The van der Waals surface area contributed by atoms with Gasteiger partial charge in [-0.25, -0.2) is 4.39 Å². The van der Waals surface area contributed by atoms with Gasteiger partial charge >= 0.3 is 5.97 Å². The van der Waals surface area contributed by atoms with E-state index in [0.717, 1.165) is 10.9 Å². The lowest BCUT2D eigenvalue weighted by Gasteiger charge is -2.03. The summed E-state index contributed by atoms with van der Waals surface area (Å²) in [4.78, 5) is 11.1. The Morgan fingerprint density at radius 2 is 2.27 bits per heavy atom. The third-order valence-corrected chi connectivity index (χ3v) is 2.26. The Balaban J connectivity index is 2.41. The SMILES string of the molecule is COC(=O)Cn1ccc2cc(F)ccc21. The highest BCUT2D eigenvalue weighted by atomic mass is 19.1. The molecule has 0 radical (unpaired) electrons. The van der Waals surface area contributed by atoms with Crippen LogP contribution in [-0.4, -0.2) is 17.6 Å². The second-order valence-electron chi connectivity index (χ2n) is 3.22. The van der Waals surface area contributed by atoms with Crippen molar-refractivity contribution in [1.82, 2.24) is 4.57 Å². The van der Waals surface area contributed by atoms with Crippen LogP contribution in [-0.2, 0) is 16.1 Å². The first-order valence-electron chi connectivity index (χ1n) is 4.52. The molecule has 0 unspecified atom stereocenters. The van der Waals surface area contributed by atoms with Crippen LogP contribution in [0.2, 0.25) is 0 Å². The van der Waals surface area contributed by atoms with Crippen molar-refractivity contribution in [3.63, 3.8) is 0 Å². The number of hydrogen-bond acceptors (Lipinski definition) is 2. The third-order valence-electron chi connectivity index (χ3n) is 2.26. The van der Waals surface area contributed by atoms with Gasteiger partial charge in [0, 0.05) is 17.1 Å². The Kier molecular flexibility index (Phi) is 2.41. The van der Waals surface area contributed by atoms with Crippen LogP contribution in [0.15, 0.2) is 30.5 Å². The van der Waals surface area contributed by atoms with Crippen molar-refractivity contribution in [1.29, 1.82) is 0 Å². The van der Waals surface area contributed by atoms with Gasteiger partial charge in [-0.15, -0.1) is 0 Å². The van der Waals surface area contributed by atoms with Gasteiger partial charge in [-0.1, -0.05) is 0 Å². The van der Waals surface area contributed by atoms with Crippen LogP contribution in [0.4, 0.5) is 4.39 Å². The molecule has 0 aliphatic rings. The fraction of sp³-hybridized carbons (Fsp3) is 0.182. The van der Waals surface area contributed by atoms with Crippen LogP contribution < -0.4 is 0 Å². The molecule has 3 nitrogen and oxygen atoms in total. The Bertz CT molecular complexity index is 504. The predicted molar refractivity (Wildman–Crippen MR) is 53.9 cm³/mol. The van der Waals surface area contributed by atoms with Crippen LogP contribution in [0.1, 0.15) is 0 Å². The van der Waals surface area contributed by atoms with Crippen molar-refractivity contribution in [2.24, 2.45) is 0 Å². The maximum Gasteiger partial charge on any atom is 0.325 e. The average Bonchev–Trinajstić information content (AvgIpc) is 2.60. The van der Waals surface area contributed by atoms with Crippen LogP contribution in [0.25, 0.3) is 10.9 Å². The zero-order chi connectivity index (χ0) is 10.8. The number of carbonyl (C=O) groups is 1. The number of methoxy groups -OCH3 is 1. The molecule has 1 aromatic heterocycles. The summed E-state index contributed by atoms with van der Waals surface area (Å²) in [6.45, 7) is 0.144. The van der Waals surface area contributed by atoms with Crippen molar-refractivity contribution in [2.45, 2.75) is 6.54 Å². The van der Waals surface area contributed by atoms with E-state index in [1.807, 2.05) is 0 Å². The summed E-state index contributed by atoms with van der Waals surface area (Å²) >= 11 is 0. The largest absolute Gasteiger partial charge is 0.468 e. The third kappa shape index (κ3) is 1.83. The zero-order valence-corrected chi connectivity index (χ0v) is 8.24. The summed E-state index contributed by atoms with van der Waals surface area (Å²) in [5.41, 5.74) is 0.821. The quantitative estimate of drug-likeness (QED) is 0.705. The Hall–Kier alpha value is -1.84. The van der Waals surface area contributed by atoms with Gasteiger partial charge in [0.25, 0.3) is 0 Å². The monoisotopic (exact) mass is 207 g/mol. The minimum Gasteiger partial charge on any atom is -0.468 e. The number of hydrogen-bond donors (Lipinski definition) is 0. The van der Waals surface area contributed by atoms with Crippen LogP contribution in [0.3, 0.4) is 0 Å². The number of nitrogens with zero attached hydrogens (tertiary/aromatic N) is 1. The van der Waals surface area contributed by atoms with Gasteiger partial charge in [0.05, 0.1) is 7.11 Å². The summed E-state index contributed by atoms with van der Waals surface area (Å²) in [5, 5.41) is 0.777. The maximum absolute atomic E-state index is 12.9. The second kappa shape index (κ2) is 3.73. The van der Waals surface area contributed by atoms with E-state index in [1.165, 1.54) is 19.2 Å². The van der Waals surface area contributed by atoms with Crippen molar-refractivity contribution >= 4 is 16.9 Å². The number of ether oxygens (including phenoxy) is 1. The number of halogens is 1. The van der Waals surface area contributed by atoms with Gasteiger partial charge in [0.2, 0.25) is 0 Å². The highest BCUT2D eigenvalue weighted by Gasteiger charge is 2.06. The molecule has 0 spiro atoms. The van der Waals surface area contributed by atoms with E-state index in [4.69, 9.17) is 0 Å². The number of esters is 1. The lowest BCUT2D eigenvalue weighted by molar-refractivity contribution is -0.141. The van der Waals surface area contributed by atoms with E-state index in [1.54, 1.807) is 22.9 Å². The van der Waals surface area contributed by atoms with E-state index in [2.05, 4.69) is 4.74 Å². The molecule has 0 fully saturated rings. The van der Waals surface area contributed by atoms with Crippen LogP contribution in [0, 0.1) is 5.82 Å². The summed E-state index contributed by atoms with van der Waals surface area (Å²) < 4.78 is 19.2. The molecular weight excluding hydrogens is 197 g/mol. The predicted octanol–water partition coefficient (Wildman–Crippen LogP) is 1.95. The molecule has 0 N–H and O–H groups in total. The normalized spacial score (nSPS) is 10.5. The van der Waals surface area contributed by atoms with E-state index in [0.29, 0.717) is 0 Å². The van der Waals surface area contributed by atoms with E-state index in [-0.39, 0.29) is 18.3 Å². The van der Waals surface area contributed by atoms with Crippen molar-refractivity contribution in [3.05, 3.63) is 36.3 Å². The molecule has 2 rings (SSSR count). The molecule has 1 aromatic carbocycles. The minimum absolute atomic E-state index is 0.144. The molecule has 0 bridgehead atoms. The Labute approximate surface area is 86.1 Å². The summed E-state index contributed by atoms with van der Waals surface area (Å²) in [6.07, 6.45) is 1.74. The van der Waals surface area contributed by atoms with Crippen molar-refractivity contribution in [2.75, 3.05) is 7.11 Å². The number of carbonyl (C=O) groups excluding carboxylic acids is 1. The molecule has 4 heteroatoms. The molecular formula is C11H10FNO2. The van der Waals surface area contributed by atoms with Crippen LogP contribution in [0.5, 0.6) is 0 Å². The molecule has 0 amide bonds.